The maximum absolute atomic E-state index is 12.2. The van der Waals surface area contributed by atoms with E-state index in [9.17, 15) is 4.79 Å². The second kappa shape index (κ2) is 5.07. The molecule has 17 heavy (non-hydrogen) atoms. The normalized spacial score (nSPS) is 23.7. The molecule has 0 radical (unpaired) electrons. The number of carbonyl (C=O) groups excluding carboxylic acids is 1. The zero-order valence-electron chi connectivity index (χ0n) is 9.90. The molecule has 0 N–H and O–H groups in total. The monoisotopic (exact) mass is 254 g/mol. The lowest BCUT2D eigenvalue weighted by molar-refractivity contribution is 0.0764. The van der Waals surface area contributed by atoms with E-state index >= 15 is 0 Å². The van der Waals surface area contributed by atoms with Crippen molar-refractivity contribution in [2.75, 3.05) is 13.7 Å². The smallest absolute Gasteiger partial charge is 0.168 e. The minimum Gasteiger partial charge on any atom is -0.495 e. The fourth-order valence-corrected chi connectivity index (χ4v) is 2.37. The van der Waals surface area contributed by atoms with Crippen molar-refractivity contribution < 1.29 is 14.3 Å². The first kappa shape index (κ1) is 12.4. The van der Waals surface area contributed by atoms with E-state index in [2.05, 4.69) is 0 Å². The Balaban J connectivity index is 2.22. The van der Waals surface area contributed by atoms with Crippen LogP contribution in [-0.4, -0.2) is 25.6 Å². The van der Waals surface area contributed by atoms with Gasteiger partial charge in [0.25, 0.3) is 0 Å². The third kappa shape index (κ3) is 2.45. The first-order chi connectivity index (χ1) is 8.13. The maximum atomic E-state index is 12.2. The minimum absolute atomic E-state index is 0.0108. The number of methoxy groups -OCH3 is 1. The van der Waals surface area contributed by atoms with Crippen LogP contribution in [0.5, 0.6) is 5.75 Å². The first-order valence-electron chi connectivity index (χ1n) is 5.63. The predicted octanol–water partition coefficient (Wildman–Crippen LogP) is 2.96. The van der Waals surface area contributed by atoms with Gasteiger partial charge < -0.3 is 9.47 Å². The summed E-state index contributed by atoms with van der Waals surface area (Å²) >= 11 is 6.01. The van der Waals surface area contributed by atoms with Gasteiger partial charge in [0.1, 0.15) is 5.75 Å². The Labute approximate surface area is 106 Å². The molecule has 0 amide bonds. The molecule has 0 aromatic heterocycles. The Morgan fingerprint density at radius 1 is 1.53 bits per heavy atom. The molecule has 0 bridgehead atoms. The summed E-state index contributed by atoms with van der Waals surface area (Å²) in [6, 6.07) is 5.13. The van der Waals surface area contributed by atoms with Crippen LogP contribution in [0.3, 0.4) is 0 Å². The topological polar surface area (TPSA) is 35.5 Å². The summed E-state index contributed by atoms with van der Waals surface area (Å²) in [4.78, 5) is 12.2. The number of rotatable bonds is 3. The standard InChI is InChI=1S/C13H15ClO3/c1-8-10(5-6-17-8)13(15)9-3-4-12(16-2)11(14)7-9/h3-4,7-8,10H,5-6H2,1-2H3. The lowest BCUT2D eigenvalue weighted by Gasteiger charge is -2.13. The lowest BCUT2D eigenvalue weighted by atomic mass is 9.92. The quantitative estimate of drug-likeness (QED) is 0.778. The molecule has 1 saturated heterocycles. The van der Waals surface area contributed by atoms with Crippen LogP contribution in [0.2, 0.25) is 5.02 Å². The summed E-state index contributed by atoms with van der Waals surface area (Å²) in [5.74, 6) is 0.623. The van der Waals surface area contributed by atoms with Crippen LogP contribution in [0.25, 0.3) is 0 Å². The fraction of sp³-hybridized carbons (Fsp3) is 0.462. The molecule has 2 atom stereocenters. The van der Waals surface area contributed by atoms with Gasteiger partial charge in [0.2, 0.25) is 0 Å². The molecule has 92 valence electrons. The van der Waals surface area contributed by atoms with Gasteiger partial charge in [0.15, 0.2) is 5.78 Å². The van der Waals surface area contributed by atoms with Crippen LogP contribution in [0.15, 0.2) is 18.2 Å². The van der Waals surface area contributed by atoms with Gasteiger partial charge in [-0.15, -0.1) is 0 Å². The number of Topliss-reactive ketones (excluding diaryl/α,β-unsaturated/α-hetero) is 1. The molecule has 0 saturated carbocycles. The number of benzene rings is 1. The van der Waals surface area contributed by atoms with Crippen LogP contribution in [0.1, 0.15) is 23.7 Å². The molecule has 4 heteroatoms. The highest BCUT2D eigenvalue weighted by Crippen LogP contribution is 2.29. The van der Waals surface area contributed by atoms with Crippen LogP contribution in [0, 0.1) is 5.92 Å². The Hall–Kier alpha value is -1.06. The van der Waals surface area contributed by atoms with Crippen molar-refractivity contribution in [3.05, 3.63) is 28.8 Å². The molecule has 2 unspecified atom stereocenters. The molecule has 0 spiro atoms. The maximum Gasteiger partial charge on any atom is 0.168 e. The molecule has 1 aliphatic rings. The molecule has 1 aromatic rings. The number of ketones is 1. The highest BCUT2D eigenvalue weighted by molar-refractivity contribution is 6.32. The van der Waals surface area contributed by atoms with Gasteiger partial charge >= 0.3 is 0 Å². The second-order valence-corrected chi connectivity index (χ2v) is 4.59. The molecule has 1 fully saturated rings. The molecule has 2 rings (SSSR count). The van der Waals surface area contributed by atoms with Gasteiger partial charge in [-0.25, -0.2) is 0 Å². The summed E-state index contributed by atoms with van der Waals surface area (Å²) < 4.78 is 10.5. The van der Waals surface area contributed by atoms with E-state index in [1.54, 1.807) is 25.3 Å². The lowest BCUT2D eigenvalue weighted by Crippen LogP contribution is -2.21. The van der Waals surface area contributed by atoms with E-state index in [4.69, 9.17) is 21.1 Å². The number of hydrogen-bond donors (Lipinski definition) is 0. The van der Waals surface area contributed by atoms with E-state index in [1.807, 2.05) is 6.92 Å². The van der Waals surface area contributed by atoms with Gasteiger partial charge in [-0.2, -0.15) is 0 Å². The van der Waals surface area contributed by atoms with Crippen LogP contribution >= 0.6 is 11.6 Å². The van der Waals surface area contributed by atoms with Crippen LogP contribution < -0.4 is 4.74 Å². The molecule has 0 aliphatic carbocycles. The van der Waals surface area contributed by atoms with Gasteiger partial charge in [0, 0.05) is 12.2 Å². The molecular weight excluding hydrogens is 240 g/mol. The molecule has 1 heterocycles. The summed E-state index contributed by atoms with van der Waals surface area (Å²) in [6.07, 6.45) is 0.771. The summed E-state index contributed by atoms with van der Waals surface area (Å²) in [5, 5.41) is 0.463. The third-order valence-corrected chi connectivity index (χ3v) is 3.44. The average Bonchev–Trinajstić information content (AvgIpc) is 2.74. The second-order valence-electron chi connectivity index (χ2n) is 4.18. The van der Waals surface area contributed by atoms with Gasteiger partial charge in [-0.1, -0.05) is 11.6 Å². The average molecular weight is 255 g/mol. The van der Waals surface area contributed by atoms with Crippen molar-refractivity contribution in [2.45, 2.75) is 19.4 Å². The predicted molar refractivity (Wildman–Crippen MR) is 65.9 cm³/mol. The largest absolute Gasteiger partial charge is 0.495 e. The highest BCUT2D eigenvalue weighted by atomic mass is 35.5. The van der Waals surface area contributed by atoms with E-state index in [0.29, 0.717) is 22.9 Å². The van der Waals surface area contributed by atoms with Crippen molar-refractivity contribution >= 4 is 17.4 Å². The molecule has 1 aliphatic heterocycles. The number of halogens is 1. The Kier molecular flexibility index (Phi) is 3.69. The number of hydrogen-bond acceptors (Lipinski definition) is 3. The number of ether oxygens (including phenoxy) is 2. The van der Waals surface area contributed by atoms with Gasteiger partial charge in [-0.05, 0) is 31.5 Å². The van der Waals surface area contributed by atoms with Crippen LogP contribution in [0.4, 0.5) is 0 Å². The first-order valence-corrected chi connectivity index (χ1v) is 6.00. The fourth-order valence-electron chi connectivity index (χ4n) is 2.11. The van der Waals surface area contributed by atoms with Gasteiger partial charge in [0.05, 0.1) is 24.2 Å². The zero-order valence-corrected chi connectivity index (χ0v) is 10.7. The third-order valence-electron chi connectivity index (χ3n) is 3.15. The van der Waals surface area contributed by atoms with Crippen LogP contribution in [-0.2, 0) is 4.74 Å². The van der Waals surface area contributed by atoms with Crippen molar-refractivity contribution in [3.8, 4) is 5.75 Å². The minimum atomic E-state index is -0.0561. The van der Waals surface area contributed by atoms with Crippen molar-refractivity contribution in [3.63, 3.8) is 0 Å². The Morgan fingerprint density at radius 3 is 2.82 bits per heavy atom. The van der Waals surface area contributed by atoms with E-state index in [1.165, 1.54) is 0 Å². The van der Waals surface area contributed by atoms with Crippen molar-refractivity contribution in [2.24, 2.45) is 5.92 Å². The summed E-state index contributed by atoms with van der Waals surface area (Å²) in [7, 11) is 1.55. The van der Waals surface area contributed by atoms with E-state index in [-0.39, 0.29) is 17.8 Å². The Morgan fingerprint density at radius 2 is 2.29 bits per heavy atom. The zero-order chi connectivity index (χ0) is 12.4. The number of carbonyl (C=O) groups is 1. The van der Waals surface area contributed by atoms with Crippen molar-refractivity contribution in [1.82, 2.24) is 0 Å². The molecule has 1 aromatic carbocycles. The highest BCUT2D eigenvalue weighted by Gasteiger charge is 2.31. The van der Waals surface area contributed by atoms with E-state index < -0.39 is 0 Å². The van der Waals surface area contributed by atoms with E-state index in [0.717, 1.165) is 6.42 Å². The summed E-state index contributed by atoms with van der Waals surface area (Å²) in [5.41, 5.74) is 0.623. The molecular formula is C13H15ClO3. The van der Waals surface area contributed by atoms with Gasteiger partial charge in [-0.3, -0.25) is 4.79 Å². The summed E-state index contributed by atoms with van der Waals surface area (Å²) in [6.45, 7) is 2.59. The van der Waals surface area contributed by atoms with Crippen molar-refractivity contribution in [1.29, 1.82) is 0 Å². The SMILES string of the molecule is COc1ccc(C(=O)C2CCOC2C)cc1Cl. The Bertz CT molecular complexity index is 431. The molecule has 3 nitrogen and oxygen atoms in total.